The molecule has 0 spiro atoms. The van der Waals surface area contributed by atoms with E-state index in [-0.39, 0.29) is 12.5 Å². The zero-order valence-corrected chi connectivity index (χ0v) is 22.4. The molecule has 9 nitrogen and oxygen atoms in total. The van der Waals surface area contributed by atoms with Crippen LogP contribution in [0.2, 0.25) is 5.02 Å². The zero-order valence-electron chi connectivity index (χ0n) is 21.6. The van der Waals surface area contributed by atoms with Gasteiger partial charge in [0.2, 0.25) is 0 Å². The Kier molecular flexibility index (Phi) is 7.87. The van der Waals surface area contributed by atoms with Crippen molar-refractivity contribution in [2.24, 2.45) is 0 Å². The number of alkyl carbamates (subject to hydrolysis) is 1. The van der Waals surface area contributed by atoms with E-state index < -0.39 is 34.3 Å². The molecule has 1 fully saturated rings. The second-order valence-corrected chi connectivity index (χ2v) is 11.1. The van der Waals surface area contributed by atoms with E-state index in [0.717, 1.165) is 5.56 Å². The fraction of sp³-hybridized carbons (Fsp3) is 0.393. The van der Waals surface area contributed by atoms with Crippen LogP contribution in [0.25, 0.3) is 11.3 Å². The normalized spacial score (nSPS) is 19.5. The Balaban J connectivity index is 1.75. The Morgan fingerprint density at radius 2 is 1.92 bits per heavy atom. The molecule has 10 heteroatoms. The summed E-state index contributed by atoms with van der Waals surface area (Å²) in [5, 5.41) is 17.9. The number of hydrogen-bond acceptors (Lipinski definition) is 6. The van der Waals surface area contributed by atoms with Crippen LogP contribution in [0.5, 0.6) is 0 Å². The standard InChI is InChI=1S/C28H31ClN4O5/c1-27(2,3)38-26(37)31-17-28(11-9-18(10-12-28)19-6-4-8-21(29)14-19)33-24(34)22(25(35)36)15-23(32-33)20-7-5-13-30-16-20/h4-8,13-16,18H,9-12,17H2,1-3H3,(H,31,37)(H,35,36). The first-order valence-electron chi connectivity index (χ1n) is 12.5. The van der Waals surface area contributed by atoms with Crippen molar-refractivity contribution in [3.63, 3.8) is 0 Å². The van der Waals surface area contributed by atoms with Gasteiger partial charge in [-0.15, -0.1) is 0 Å². The Labute approximate surface area is 225 Å². The molecule has 2 N–H and O–H groups in total. The number of nitrogens with zero attached hydrogens (tertiary/aromatic N) is 3. The van der Waals surface area contributed by atoms with Gasteiger partial charge < -0.3 is 15.2 Å². The van der Waals surface area contributed by atoms with Gasteiger partial charge >= 0.3 is 12.1 Å². The molecule has 0 radical (unpaired) electrons. The molecule has 0 bridgehead atoms. The Bertz CT molecular complexity index is 1380. The number of amides is 1. The third-order valence-electron chi connectivity index (χ3n) is 6.75. The number of carbonyl (C=O) groups is 2. The van der Waals surface area contributed by atoms with Crippen LogP contribution in [0.1, 0.15) is 68.3 Å². The van der Waals surface area contributed by atoms with E-state index in [1.165, 1.54) is 10.7 Å². The SMILES string of the molecule is CC(C)(C)OC(=O)NCC1(n2nc(-c3cccnc3)cc(C(=O)O)c2=O)CCC(c2cccc(Cl)c2)CC1. The predicted octanol–water partition coefficient (Wildman–Crippen LogP) is 5.23. The molecule has 1 saturated carbocycles. The smallest absolute Gasteiger partial charge is 0.407 e. The van der Waals surface area contributed by atoms with Crippen LogP contribution in [-0.4, -0.2) is 44.1 Å². The van der Waals surface area contributed by atoms with Crippen molar-refractivity contribution >= 4 is 23.7 Å². The summed E-state index contributed by atoms with van der Waals surface area (Å²) in [4.78, 5) is 42.3. The van der Waals surface area contributed by atoms with E-state index in [1.807, 2.05) is 24.3 Å². The van der Waals surface area contributed by atoms with Crippen molar-refractivity contribution in [3.8, 4) is 11.3 Å². The molecule has 2 heterocycles. The van der Waals surface area contributed by atoms with Gasteiger partial charge in [-0.25, -0.2) is 14.3 Å². The average molecular weight is 539 g/mol. The molecule has 1 aromatic carbocycles. The monoisotopic (exact) mass is 538 g/mol. The number of carboxylic acids is 1. The maximum atomic E-state index is 13.5. The molecule has 1 aliphatic rings. The molecular weight excluding hydrogens is 508 g/mol. The summed E-state index contributed by atoms with van der Waals surface area (Å²) in [6, 6.07) is 12.4. The maximum Gasteiger partial charge on any atom is 0.407 e. The van der Waals surface area contributed by atoms with Crippen LogP contribution in [0.15, 0.2) is 59.7 Å². The summed E-state index contributed by atoms with van der Waals surface area (Å²) in [7, 11) is 0. The highest BCUT2D eigenvalue weighted by atomic mass is 35.5. The van der Waals surface area contributed by atoms with Crippen LogP contribution >= 0.6 is 11.6 Å². The van der Waals surface area contributed by atoms with Crippen molar-refractivity contribution in [3.05, 3.63) is 81.4 Å². The molecule has 0 saturated heterocycles. The largest absolute Gasteiger partial charge is 0.477 e. The number of aromatic nitrogens is 3. The van der Waals surface area contributed by atoms with Crippen LogP contribution in [0, 0.1) is 0 Å². The quantitative estimate of drug-likeness (QED) is 0.440. The molecule has 200 valence electrons. The number of benzene rings is 1. The number of rotatable bonds is 6. The fourth-order valence-corrected chi connectivity index (χ4v) is 5.09. The minimum atomic E-state index is -1.35. The van der Waals surface area contributed by atoms with Crippen LogP contribution in [0.3, 0.4) is 0 Å². The van der Waals surface area contributed by atoms with Crippen LogP contribution in [-0.2, 0) is 10.3 Å². The lowest BCUT2D eigenvalue weighted by atomic mass is 9.74. The number of carbonyl (C=O) groups excluding carboxylic acids is 1. The third-order valence-corrected chi connectivity index (χ3v) is 6.98. The van der Waals surface area contributed by atoms with E-state index in [0.29, 0.717) is 42.0 Å². The Hall–Kier alpha value is -3.72. The highest BCUT2D eigenvalue weighted by molar-refractivity contribution is 6.30. The molecule has 0 atom stereocenters. The number of hydrogen-bond donors (Lipinski definition) is 2. The molecule has 0 unspecified atom stereocenters. The van der Waals surface area contributed by atoms with Crippen molar-refractivity contribution in [1.29, 1.82) is 0 Å². The first kappa shape index (κ1) is 27.3. The number of ether oxygens (including phenoxy) is 1. The lowest BCUT2D eigenvalue weighted by Gasteiger charge is -2.41. The summed E-state index contributed by atoms with van der Waals surface area (Å²) in [6.07, 6.45) is 4.85. The third kappa shape index (κ3) is 6.22. The van der Waals surface area contributed by atoms with Gasteiger partial charge in [0.05, 0.1) is 11.2 Å². The van der Waals surface area contributed by atoms with Gasteiger partial charge in [-0.2, -0.15) is 5.10 Å². The van der Waals surface area contributed by atoms with Gasteiger partial charge in [-0.1, -0.05) is 23.7 Å². The van der Waals surface area contributed by atoms with Crippen LogP contribution < -0.4 is 10.9 Å². The second-order valence-electron chi connectivity index (χ2n) is 10.6. The van der Waals surface area contributed by atoms with Gasteiger partial charge in [-0.3, -0.25) is 9.78 Å². The molecule has 4 rings (SSSR count). The molecule has 0 aliphatic heterocycles. The number of halogens is 1. The van der Waals surface area contributed by atoms with E-state index >= 15 is 0 Å². The van der Waals surface area contributed by atoms with Crippen LogP contribution in [0.4, 0.5) is 4.79 Å². The summed E-state index contributed by atoms with van der Waals surface area (Å²) < 4.78 is 6.68. The van der Waals surface area contributed by atoms with Gasteiger partial charge in [0.15, 0.2) is 0 Å². The predicted molar refractivity (Wildman–Crippen MR) is 144 cm³/mol. The van der Waals surface area contributed by atoms with Crippen molar-refractivity contribution < 1.29 is 19.4 Å². The molecule has 1 aliphatic carbocycles. The molecule has 38 heavy (non-hydrogen) atoms. The Morgan fingerprint density at radius 3 is 2.53 bits per heavy atom. The number of aromatic carboxylic acids is 1. The maximum absolute atomic E-state index is 13.5. The number of nitrogens with one attached hydrogen (secondary N) is 1. The number of carboxylic acid groups (broad SMARTS) is 1. The summed E-state index contributed by atoms with van der Waals surface area (Å²) in [5.74, 6) is -1.15. The first-order chi connectivity index (χ1) is 18.0. The van der Waals surface area contributed by atoms with Gasteiger partial charge in [0.25, 0.3) is 5.56 Å². The van der Waals surface area contributed by atoms with E-state index in [2.05, 4.69) is 15.4 Å². The van der Waals surface area contributed by atoms with Gasteiger partial charge in [0, 0.05) is 29.5 Å². The molecular formula is C28H31ClN4O5. The van der Waals surface area contributed by atoms with E-state index in [1.54, 1.807) is 45.3 Å². The summed E-state index contributed by atoms with van der Waals surface area (Å²) in [6.45, 7) is 5.34. The minimum absolute atomic E-state index is 0.0483. The highest BCUT2D eigenvalue weighted by Crippen LogP contribution is 2.42. The van der Waals surface area contributed by atoms with Crippen molar-refractivity contribution in [2.75, 3.05) is 6.54 Å². The van der Waals surface area contributed by atoms with Crippen molar-refractivity contribution in [1.82, 2.24) is 20.1 Å². The molecule has 3 aromatic rings. The lowest BCUT2D eigenvalue weighted by Crippen LogP contribution is -2.53. The van der Waals surface area contributed by atoms with E-state index in [4.69, 9.17) is 16.3 Å². The topological polar surface area (TPSA) is 123 Å². The zero-order chi connectivity index (χ0) is 27.5. The number of pyridine rings is 1. The average Bonchev–Trinajstić information content (AvgIpc) is 2.87. The van der Waals surface area contributed by atoms with E-state index in [9.17, 15) is 19.5 Å². The lowest BCUT2D eigenvalue weighted by molar-refractivity contribution is 0.0472. The van der Waals surface area contributed by atoms with Crippen molar-refractivity contribution in [2.45, 2.75) is 63.5 Å². The van der Waals surface area contributed by atoms with Gasteiger partial charge in [-0.05, 0) is 88.3 Å². The van der Waals surface area contributed by atoms with Gasteiger partial charge in [0.1, 0.15) is 11.2 Å². The summed E-state index contributed by atoms with van der Waals surface area (Å²) >= 11 is 6.22. The minimum Gasteiger partial charge on any atom is -0.477 e. The summed E-state index contributed by atoms with van der Waals surface area (Å²) in [5.41, 5.74) is -0.805. The fourth-order valence-electron chi connectivity index (χ4n) is 4.89. The molecule has 2 aromatic heterocycles. The highest BCUT2D eigenvalue weighted by Gasteiger charge is 2.41. The second kappa shape index (κ2) is 10.9. The Morgan fingerprint density at radius 1 is 1.18 bits per heavy atom. The first-order valence-corrected chi connectivity index (χ1v) is 12.9. The molecule has 1 amide bonds.